The summed E-state index contributed by atoms with van der Waals surface area (Å²) >= 11 is 1.63. The van der Waals surface area contributed by atoms with Gasteiger partial charge in [0, 0.05) is 32.3 Å². The molecule has 0 saturated carbocycles. The minimum absolute atomic E-state index is 0.0768. The first-order chi connectivity index (χ1) is 14.8. The number of ether oxygens (including phenoxy) is 1. The number of methoxy groups -OCH3 is 1. The highest BCUT2D eigenvalue weighted by Crippen LogP contribution is 2.39. The van der Waals surface area contributed by atoms with Gasteiger partial charge in [0.15, 0.2) is 21.0 Å². The Labute approximate surface area is 181 Å². The Morgan fingerprint density at radius 2 is 1.30 bits per heavy atom. The molecule has 0 fully saturated rings. The number of rotatable bonds is 4. The van der Waals surface area contributed by atoms with Crippen LogP contribution < -0.4 is 10.2 Å². The van der Waals surface area contributed by atoms with Crippen LogP contribution in [0.25, 0.3) is 20.2 Å². The van der Waals surface area contributed by atoms with Crippen LogP contribution in [-0.4, -0.2) is 7.11 Å². The van der Waals surface area contributed by atoms with Crippen LogP contribution in [0.5, 0.6) is 5.75 Å². The lowest BCUT2D eigenvalue weighted by molar-refractivity contribution is 0.405. The van der Waals surface area contributed by atoms with Crippen LogP contribution in [0, 0.1) is 0 Å². The zero-order valence-corrected chi connectivity index (χ0v) is 18.0. The predicted molar refractivity (Wildman–Crippen MR) is 127 cm³/mol. The molecule has 4 aromatic carbocycles. The summed E-state index contributed by atoms with van der Waals surface area (Å²) in [5.74, 6) is 0.810. The van der Waals surface area contributed by atoms with Gasteiger partial charge in [-0.25, -0.2) is 0 Å². The third-order valence-corrected chi connectivity index (χ3v) is 8.42. The van der Waals surface area contributed by atoms with Crippen molar-refractivity contribution < 1.29 is 4.74 Å². The summed E-state index contributed by atoms with van der Waals surface area (Å²) in [5, 5.41) is 1.52. The fourth-order valence-electron chi connectivity index (χ4n) is 3.63. The second-order valence-corrected chi connectivity index (χ2v) is 9.94. The van der Waals surface area contributed by atoms with Gasteiger partial charge in [-0.3, -0.25) is 4.79 Å². The Morgan fingerprint density at radius 3 is 1.93 bits per heavy atom. The summed E-state index contributed by atoms with van der Waals surface area (Å²) in [6, 6.07) is 32.7. The molecule has 0 spiro atoms. The number of benzene rings is 4. The standard InChI is InChI=1S/C26H19O2S2/c1-28-22-17-24-21(26(27)20-14-8-9-15-23(20)29-24)16-25(22)30(18-10-4-2-5-11-18)19-12-6-3-7-13-19/h2-17H,1H3/q+1. The minimum atomic E-state index is -0.383. The summed E-state index contributed by atoms with van der Waals surface area (Å²) in [7, 11) is 1.32. The summed E-state index contributed by atoms with van der Waals surface area (Å²) in [6.45, 7) is 0. The fourth-order valence-corrected chi connectivity index (χ4v) is 6.93. The molecule has 0 aliphatic rings. The maximum Gasteiger partial charge on any atom is 0.209 e. The second kappa shape index (κ2) is 7.98. The Hall–Kier alpha value is -3.08. The Balaban J connectivity index is 1.83. The zero-order chi connectivity index (χ0) is 20.5. The van der Waals surface area contributed by atoms with Crippen LogP contribution in [0.15, 0.2) is 117 Å². The third-order valence-electron chi connectivity index (χ3n) is 5.04. The van der Waals surface area contributed by atoms with Crippen molar-refractivity contribution >= 4 is 42.4 Å². The largest absolute Gasteiger partial charge is 0.491 e. The lowest BCUT2D eigenvalue weighted by Crippen LogP contribution is -2.09. The fraction of sp³-hybridized carbons (Fsp3) is 0.0385. The van der Waals surface area contributed by atoms with Crippen LogP contribution in [0.1, 0.15) is 0 Å². The van der Waals surface area contributed by atoms with Crippen LogP contribution in [0.4, 0.5) is 0 Å². The Morgan fingerprint density at radius 1 is 0.700 bits per heavy atom. The van der Waals surface area contributed by atoms with Gasteiger partial charge in [-0.15, -0.1) is 11.3 Å². The predicted octanol–water partition coefficient (Wildman–Crippen LogP) is 6.52. The Kier molecular flexibility index (Phi) is 5.03. The lowest BCUT2D eigenvalue weighted by Gasteiger charge is -2.12. The van der Waals surface area contributed by atoms with E-state index in [0.29, 0.717) is 0 Å². The Bertz CT molecular complexity index is 1350. The van der Waals surface area contributed by atoms with E-state index in [2.05, 4.69) is 48.5 Å². The molecule has 30 heavy (non-hydrogen) atoms. The molecule has 146 valence electrons. The van der Waals surface area contributed by atoms with Crippen molar-refractivity contribution in [1.82, 2.24) is 0 Å². The van der Waals surface area contributed by atoms with E-state index >= 15 is 0 Å². The summed E-state index contributed by atoms with van der Waals surface area (Å²) in [5.41, 5.74) is 0.0768. The monoisotopic (exact) mass is 427 g/mol. The first-order valence-corrected chi connectivity index (χ1v) is 11.7. The van der Waals surface area contributed by atoms with Gasteiger partial charge in [0.25, 0.3) is 0 Å². The van der Waals surface area contributed by atoms with Crippen LogP contribution in [0.2, 0.25) is 0 Å². The van der Waals surface area contributed by atoms with Crippen molar-refractivity contribution in [3.05, 3.63) is 107 Å². The average molecular weight is 428 g/mol. The molecule has 5 aromatic rings. The topological polar surface area (TPSA) is 26.3 Å². The summed E-state index contributed by atoms with van der Waals surface area (Å²) < 4.78 is 7.78. The highest BCUT2D eigenvalue weighted by atomic mass is 32.2. The molecule has 0 bridgehead atoms. The van der Waals surface area contributed by atoms with Gasteiger partial charge in [-0.1, -0.05) is 48.5 Å². The highest BCUT2D eigenvalue weighted by Gasteiger charge is 2.32. The van der Waals surface area contributed by atoms with E-state index in [4.69, 9.17) is 4.74 Å². The van der Waals surface area contributed by atoms with E-state index in [-0.39, 0.29) is 16.3 Å². The minimum Gasteiger partial charge on any atom is -0.491 e. The summed E-state index contributed by atoms with van der Waals surface area (Å²) in [4.78, 5) is 16.7. The van der Waals surface area contributed by atoms with Crippen molar-refractivity contribution in [2.45, 2.75) is 14.7 Å². The van der Waals surface area contributed by atoms with Crippen molar-refractivity contribution in [2.75, 3.05) is 7.11 Å². The van der Waals surface area contributed by atoms with Gasteiger partial charge >= 0.3 is 0 Å². The van der Waals surface area contributed by atoms with E-state index in [0.717, 1.165) is 30.8 Å². The molecule has 0 radical (unpaired) electrons. The molecule has 1 aromatic heterocycles. The van der Waals surface area contributed by atoms with Crippen LogP contribution in [-0.2, 0) is 10.9 Å². The highest BCUT2D eigenvalue weighted by molar-refractivity contribution is 7.97. The van der Waals surface area contributed by atoms with Crippen molar-refractivity contribution in [3.63, 3.8) is 0 Å². The molecule has 0 saturated heterocycles. The van der Waals surface area contributed by atoms with Gasteiger partial charge in [0.2, 0.25) is 4.90 Å². The van der Waals surface area contributed by atoms with Gasteiger partial charge in [0.1, 0.15) is 10.9 Å². The molecule has 5 rings (SSSR count). The normalized spacial score (nSPS) is 11.3. The third kappa shape index (κ3) is 3.28. The van der Waals surface area contributed by atoms with E-state index in [9.17, 15) is 4.79 Å². The maximum absolute atomic E-state index is 13.3. The van der Waals surface area contributed by atoms with Crippen molar-refractivity contribution in [2.24, 2.45) is 0 Å². The quantitative estimate of drug-likeness (QED) is 0.241. The molecule has 0 N–H and O–H groups in total. The maximum atomic E-state index is 13.3. The van der Waals surface area contributed by atoms with Gasteiger partial charge < -0.3 is 4.74 Å². The van der Waals surface area contributed by atoms with E-state index in [1.807, 2.05) is 48.5 Å². The van der Waals surface area contributed by atoms with Crippen molar-refractivity contribution in [1.29, 1.82) is 0 Å². The molecule has 1 heterocycles. The second-order valence-electron chi connectivity index (χ2n) is 6.86. The van der Waals surface area contributed by atoms with Crippen LogP contribution in [0.3, 0.4) is 0 Å². The van der Waals surface area contributed by atoms with Crippen molar-refractivity contribution in [3.8, 4) is 5.75 Å². The van der Waals surface area contributed by atoms with E-state index in [1.165, 1.54) is 9.79 Å². The number of fused-ring (bicyclic) bond motifs is 2. The molecule has 0 amide bonds. The first-order valence-electron chi connectivity index (χ1n) is 9.64. The SMILES string of the molecule is COc1cc2sc3ccccc3c(=O)c2cc1[S+](c1ccccc1)c1ccccc1. The molecular formula is C26H19O2S2+. The zero-order valence-electron chi connectivity index (χ0n) is 16.4. The number of hydrogen-bond donors (Lipinski definition) is 0. The molecule has 0 atom stereocenters. The summed E-state index contributed by atoms with van der Waals surface area (Å²) in [6.07, 6.45) is 0. The average Bonchev–Trinajstić information content (AvgIpc) is 2.81. The van der Waals surface area contributed by atoms with E-state index < -0.39 is 0 Å². The van der Waals surface area contributed by atoms with Gasteiger partial charge in [-0.2, -0.15) is 0 Å². The molecule has 4 heteroatoms. The molecule has 0 unspecified atom stereocenters. The number of hydrogen-bond acceptors (Lipinski definition) is 3. The first kappa shape index (κ1) is 18.9. The molecule has 0 aliphatic carbocycles. The lowest BCUT2D eigenvalue weighted by atomic mass is 10.2. The molecular weight excluding hydrogens is 408 g/mol. The van der Waals surface area contributed by atoms with Crippen LogP contribution >= 0.6 is 11.3 Å². The molecule has 2 nitrogen and oxygen atoms in total. The van der Waals surface area contributed by atoms with E-state index in [1.54, 1.807) is 18.4 Å². The van der Waals surface area contributed by atoms with Gasteiger partial charge in [-0.05, 0) is 36.4 Å². The smallest absolute Gasteiger partial charge is 0.209 e. The molecule has 0 aliphatic heterocycles. The van der Waals surface area contributed by atoms with Gasteiger partial charge in [0.05, 0.1) is 7.11 Å².